The number of hydrogen-bond donors (Lipinski definition) is 1. The van der Waals surface area contributed by atoms with Crippen LogP contribution in [0.15, 0.2) is 36.4 Å². The predicted octanol–water partition coefficient (Wildman–Crippen LogP) is 3.34. The second-order valence-electron chi connectivity index (χ2n) is 5.12. The van der Waals surface area contributed by atoms with Gasteiger partial charge in [0, 0.05) is 5.69 Å². The van der Waals surface area contributed by atoms with Gasteiger partial charge in [-0.1, -0.05) is 12.1 Å². The molecular formula is C16H16N2O2. The van der Waals surface area contributed by atoms with Crippen LogP contribution in [-0.4, -0.2) is 13.0 Å². The molecule has 4 heteroatoms. The number of ether oxygens (including phenoxy) is 1. The maximum atomic E-state index is 11.9. The molecule has 0 fully saturated rings. The highest BCUT2D eigenvalue weighted by molar-refractivity contribution is 5.98. The third kappa shape index (κ3) is 2.72. The summed E-state index contributed by atoms with van der Waals surface area (Å²) in [5, 5.41) is 13.7. The van der Waals surface area contributed by atoms with Crippen molar-refractivity contribution in [2.24, 2.45) is 5.41 Å². The lowest BCUT2D eigenvalue weighted by Crippen LogP contribution is -2.29. The van der Waals surface area contributed by atoms with Gasteiger partial charge in [0.15, 0.2) is 0 Å². The fraction of sp³-hybridized carbons (Fsp3) is 0.250. The second-order valence-corrected chi connectivity index (χ2v) is 5.12. The number of amides is 1. The van der Waals surface area contributed by atoms with Crippen LogP contribution in [0.5, 0.6) is 5.75 Å². The highest BCUT2D eigenvalue weighted by atomic mass is 16.5. The van der Waals surface area contributed by atoms with E-state index in [0.717, 1.165) is 16.5 Å². The summed E-state index contributed by atoms with van der Waals surface area (Å²) in [5.41, 5.74) is -0.370. The monoisotopic (exact) mass is 268 g/mol. The molecule has 20 heavy (non-hydrogen) atoms. The summed E-state index contributed by atoms with van der Waals surface area (Å²) in [6.07, 6.45) is 0. The van der Waals surface area contributed by atoms with Crippen LogP contribution < -0.4 is 10.1 Å². The molecule has 0 aliphatic heterocycles. The molecule has 0 aromatic heterocycles. The zero-order chi connectivity index (χ0) is 14.8. The quantitative estimate of drug-likeness (QED) is 0.928. The average Bonchev–Trinajstić information content (AvgIpc) is 2.46. The number of anilines is 1. The van der Waals surface area contributed by atoms with Crippen LogP contribution in [-0.2, 0) is 4.79 Å². The molecule has 0 aliphatic carbocycles. The van der Waals surface area contributed by atoms with Gasteiger partial charge in [-0.25, -0.2) is 0 Å². The van der Waals surface area contributed by atoms with Crippen molar-refractivity contribution in [3.05, 3.63) is 36.4 Å². The van der Waals surface area contributed by atoms with Crippen LogP contribution in [0.1, 0.15) is 13.8 Å². The lowest BCUT2D eigenvalue weighted by atomic mass is 9.94. The van der Waals surface area contributed by atoms with E-state index in [0.29, 0.717) is 5.69 Å². The largest absolute Gasteiger partial charge is 0.497 e. The summed E-state index contributed by atoms with van der Waals surface area (Å²) in [6, 6.07) is 13.3. The number of rotatable bonds is 3. The molecule has 2 aromatic rings. The third-order valence-corrected chi connectivity index (χ3v) is 3.15. The summed E-state index contributed by atoms with van der Waals surface area (Å²) in [6.45, 7) is 3.18. The SMILES string of the molecule is COc1ccc2cc(NC(=O)C(C)(C)C#N)ccc2c1. The number of fused-ring (bicyclic) bond motifs is 1. The highest BCUT2D eigenvalue weighted by Gasteiger charge is 2.27. The van der Waals surface area contributed by atoms with Crippen molar-refractivity contribution in [1.29, 1.82) is 5.26 Å². The lowest BCUT2D eigenvalue weighted by Gasteiger charge is -2.15. The number of benzene rings is 2. The highest BCUT2D eigenvalue weighted by Crippen LogP contribution is 2.25. The normalized spacial score (nSPS) is 10.9. The summed E-state index contributed by atoms with van der Waals surface area (Å²) < 4.78 is 5.17. The van der Waals surface area contributed by atoms with Gasteiger partial charge in [0.05, 0.1) is 13.2 Å². The number of carbonyl (C=O) groups excluding carboxylic acids is 1. The van der Waals surface area contributed by atoms with Gasteiger partial charge < -0.3 is 10.1 Å². The Morgan fingerprint density at radius 2 is 1.85 bits per heavy atom. The van der Waals surface area contributed by atoms with E-state index in [1.165, 1.54) is 0 Å². The number of hydrogen-bond acceptors (Lipinski definition) is 3. The van der Waals surface area contributed by atoms with Crippen molar-refractivity contribution < 1.29 is 9.53 Å². The fourth-order valence-electron chi connectivity index (χ4n) is 1.77. The summed E-state index contributed by atoms with van der Waals surface area (Å²) in [7, 11) is 1.62. The molecule has 0 saturated carbocycles. The number of nitrogens with zero attached hydrogens (tertiary/aromatic N) is 1. The van der Waals surface area contributed by atoms with E-state index in [-0.39, 0.29) is 5.91 Å². The van der Waals surface area contributed by atoms with E-state index in [9.17, 15) is 4.79 Å². The first kappa shape index (κ1) is 13.9. The van der Waals surface area contributed by atoms with E-state index in [1.54, 1.807) is 21.0 Å². The van der Waals surface area contributed by atoms with E-state index < -0.39 is 5.41 Å². The molecule has 102 valence electrons. The Kier molecular flexibility index (Phi) is 3.62. The fourth-order valence-corrected chi connectivity index (χ4v) is 1.77. The van der Waals surface area contributed by atoms with Gasteiger partial charge in [0.2, 0.25) is 5.91 Å². The van der Waals surface area contributed by atoms with Gasteiger partial charge >= 0.3 is 0 Å². The van der Waals surface area contributed by atoms with Crippen LogP contribution in [0, 0.1) is 16.7 Å². The van der Waals surface area contributed by atoms with Crippen LogP contribution in [0.25, 0.3) is 10.8 Å². The standard InChI is InChI=1S/C16H16N2O2/c1-16(2,10-17)15(19)18-13-6-4-12-9-14(20-3)7-5-11(12)8-13/h4-9H,1-3H3,(H,18,19). The topological polar surface area (TPSA) is 62.1 Å². The molecule has 1 N–H and O–H groups in total. The van der Waals surface area contributed by atoms with Crippen LogP contribution in [0.4, 0.5) is 5.69 Å². The second kappa shape index (κ2) is 5.22. The first-order valence-corrected chi connectivity index (χ1v) is 6.27. The molecule has 0 heterocycles. The maximum absolute atomic E-state index is 11.9. The van der Waals surface area contributed by atoms with Gasteiger partial charge in [0.25, 0.3) is 0 Å². The van der Waals surface area contributed by atoms with Crippen LogP contribution in [0.2, 0.25) is 0 Å². The molecule has 0 radical (unpaired) electrons. The molecule has 1 amide bonds. The van der Waals surface area contributed by atoms with Crippen molar-refractivity contribution in [3.63, 3.8) is 0 Å². The van der Waals surface area contributed by atoms with Crippen molar-refractivity contribution in [2.75, 3.05) is 12.4 Å². The zero-order valence-electron chi connectivity index (χ0n) is 11.7. The number of carbonyl (C=O) groups is 1. The van der Waals surface area contributed by atoms with E-state index in [2.05, 4.69) is 5.32 Å². The zero-order valence-corrected chi connectivity index (χ0v) is 11.7. The number of nitrogens with one attached hydrogen (secondary N) is 1. The molecule has 2 rings (SSSR count). The van der Waals surface area contributed by atoms with Gasteiger partial charge in [-0.05, 0) is 48.9 Å². The smallest absolute Gasteiger partial charge is 0.244 e. The summed E-state index contributed by atoms with van der Waals surface area (Å²) in [4.78, 5) is 11.9. The Balaban J connectivity index is 2.29. The predicted molar refractivity (Wildman–Crippen MR) is 78.5 cm³/mol. The molecular weight excluding hydrogens is 252 g/mol. The number of methoxy groups -OCH3 is 1. The summed E-state index contributed by atoms with van der Waals surface area (Å²) >= 11 is 0. The van der Waals surface area contributed by atoms with Gasteiger partial charge in [-0.2, -0.15) is 5.26 Å². The molecule has 0 saturated heterocycles. The molecule has 0 atom stereocenters. The Labute approximate surface area is 118 Å². The molecule has 4 nitrogen and oxygen atoms in total. The van der Waals surface area contributed by atoms with E-state index in [4.69, 9.17) is 10.00 Å². The molecule has 2 aromatic carbocycles. The minimum Gasteiger partial charge on any atom is -0.497 e. The minimum absolute atomic E-state index is 0.312. The van der Waals surface area contributed by atoms with Gasteiger partial charge in [0.1, 0.15) is 11.2 Å². The molecule has 0 bridgehead atoms. The van der Waals surface area contributed by atoms with Crippen LogP contribution in [0.3, 0.4) is 0 Å². The Morgan fingerprint density at radius 3 is 2.50 bits per heavy atom. The summed E-state index contributed by atoms with van der Waals surface area (Å²) in [5.74, 6) is 0.479. The molecule has 0 aliphatic rings. The molecule has 0 spiro atoms. The number of nitriles is 1. The van der Waals surface area contributed by atoms with E-state index >= 15 is 0 Å². The third-order valence-electron chi connectivity index (χ3n) is 3.15. The first-order valence-electron chi connectivity index (χ1n) is 6.27. The van der Waals surface area contributed by atoms with Gasteiger partial charge in [-0.3, -0.25) is 4.79 Å². The first-order chi connectivity index (χ1) is 9.46. The Hall–Kier alpha value is -2.54. The van der Waals surface area contributed by atoms with E-state index in [1.807, 2.05) is 42.5 Å². The van der Waals surface area contributed by atoms with Crippen molar-refractivity contribution in [1.82, 2.24) is 0 Å². The minimum atomic E-state index is -1.05. The molecule has 0 unspecified atom stereocenters. The van der Waals surface area contributed by atoms with Gasteiger partial charge in [-0.15, -0.1) is 0 Å². The van der Waals surface area contributed by atoms with Crippen molar-refractivity contribution >= 4 is 22.4 Å². The van der Waals surface area contributed by atoms with Crippen molar-refractivity contribution in [2.45, 2.75) is 13.8 Å². The Morgan fingerprint density at radius 1 is 1.20 bits per heavy atom. The average molecular weight is 268 g/mol. The Bertz CT molecular complexity index is 699. The lowest BCUT2D eigenvalue weighted by molar-refractivity contribution is -0.121. The van der Waals surface area contributed by atoms with Crippen LogP contribution >= 0.6 is 0 Å². The maximum Gasteiger partial charge on any atom is 0.244 e. The van der Waals surface area contributed by atoms with Crippen molar-refractivity contribution in [3.8, 4) is 11.8 Å².